The predicted molar refractivity (Wildman–Crippen MR) is 107 cm³/mol. The minimum atomic E-state index is -0.821. The van der Waals surface area contributed by atoms with Crippen LogP contribution in [0.4, 0.5) is 15.9 Å². The van der Waals surface area contributed by atoms with Crippen LogP contribution in [0.1, 0.15) is 41.2 Å². The zero-order chi connectivity index (χ0) is 21.9. The highest BCUT2D eigenvalue weighted by atomic mass is 19.1. The summed E-state index contributed by atoms with van der Waals surface area (Å²) in [4.78, 5) is 37.8. The Bertz CT molecular complexity index is 1170. The zero-order valence-corrected chi connectivity index (χ0v) is 17.2. The normalized spacial score (nSPS) is 10.3. The van der Waals surface area contributed by atoms with Gasteiger partial charge >= 0.3 is 5.69 Å². The fourth-order valence-corrected chi connectivity index (χ4v) is 2.65. The number of nitrogens with zero attached hydrogens (tertiary/aromatic N) is 3. The van der Waals surface area contributed by atoms with Gasteiger partial charge in [0, 0.05) is 20.2 Å². The van der Waals surface area contributed by atoms with Crippen LogP contribution in [0.3, 0.4) is 0 Å². The molecule has 1 N–H and O–H groups in total. The standard InChI is InChI=1S/C18H17FN4O4.C2H6/c1-9-5-6-12(11(19)7-9)20-16-14(15(24)13-8-10(2)27-21-13)17(25)23(4)18(26)22(16)3;1-2/h5-8,20H,1-4H3;1-2H3. The maximum absolute atomic E-state index is 14.3. The quantitative estimate of drug-likeness (QED) is 0.674. The third-order valence-electron chi connectivity index (χ3n) is 4.13. The van der Waals surface area contributed by atoms with Gasteiger partial charge in [-0.2, -0.15) is 0 Å². The largest absolute Gasteiger partial charge is 0.361 e. The maximum atomic E-state index is 14.3. The van der Waals surface area contributed by atoms with E-state index >= 15 is 0 Å². The number of hydrogen-bond donors (Lipinski definition) is 1. The Labute approximate surface area is 166 Å². The molecule has 0 saturated heterocycles. The van der Waals surface area contributed by atoms with Crippen LogP contribution in [-0.4, -0.2) is 20.1 Å². The van der Waals surface area contributed by atoms with Gasteiger partial charge in [-0.15, -0.1) is 0 Å². The molecule has 0 spiro atoms. The van der Waals surface area contributed by atoms with Crippen molar-refractivity contribution in [3.05, 3.63) is 73.5 Å². The average molecular weight is 402 g/mol. The molecule has 3 aromatic rings. The highest BCUT2D eigenvalue weighted by Gasteiger charge is 2.26. The van der Waals surface area contributed by atoms with Crippen molar-refractivity contribution in [1.82, 2.24) is 14.3 Å². The molecule has 0 unspecified atom stereocenters. The van der Waals surface area contributed by atoms with E-state index < -0.39 is 22.8 Å². The van der Waals surface area contributed by atoms with E-state index in [1.165, 1.54) is 32.3 Å². The number of carbonyl (C=O) groups excluding carboxylic acids is 1. The van der Waals surface area contributed by atoms with Gasteiger partial charge in [-0.3, -0.25) is 18.7 Å². The fraction of sp³-hybridized carbons (Fsp3) is 0.300. The second kappa shape index (κ2) is 8.68. The molecule has 2 heterocycles. The molecule has 29 heavy (non-hydrogen) atoms. The molecule has 154 valence electrons. The van der Waals surface area contributed by atoms with E-state index in [9.17, 15) is 18.8 Å². The molecule has 1 aromatic carbocycles. The first-order valence-corrected chi connectivity index (χ1v) is 9.02. The number of aryl methyl sites for hydroxylation is 2. The van der Waals surface area contributed by atoms with Crippen molar-refractivity contribution in [3.63, 3.8) is 0 Å². The van der Waals surface area contributed by atoms with Gasteiger partial charge in [0.2, 0.25) is 5.78 Å². The van der Waals surface area contributed by atoms with Gasteiger partial charge in [0.15, 0.2) is 5.69 Å². The Morgan fingerprint density at radius 1 is 1.10 bits per heavy atom. The van der Waals surface area contributed by atoms with Crippen LogP contribution >= 0.6 is 0 Å². The van der Waals surface area contributed by atoms with E-state index in [4.69, 9.17) is 4.52 Å². The molecule has 0 aliphatic rings. The maximum Gasteiger partial charge on any atom is 0.332 e. The molecule has 0 aliphatic carbocycles. The number of rotatable bonds is 4. The summed E-state index contributed by atoms with van der Waals surface area (Å²) in [6.07, 6.45) is 0. The monoisotopic (exact) mass is 402 g/mol. The minimum absolute atomic E-state index is 0.0224. The molecular formula is C20H23FN4O4. The molecule has 9 heteroatoms. The van der Waals surface area contributed by atoms with Crippen LogP contribution in [0.25, 0.3) is 0 Å². The van der Waals surface area contributed by atoms with Crippen molar-refractivity contribution in [2.24, 2.45) is 14.1 Å². The molecular weight excluding hydrogens is 379 g/mol. The summed E-state index contributed by atoms with van der Waals surface area (Å²) in [6, 6.07) is 5.79. The van der Waals surface area contributed by atoms with Crippen LogP contribution in [0.5, 0.6) is 0 Å². The average Bonchev–Trinajstić information content (AvgIpc) is 3.14. The van der Waals surface area contributed by atoms with Crippen molar-refractivity contribution >= 4 is 17.3 Å². The summed E-state index contributed by atoms with van der Waals surface area (Å²) in [5.74, 6) is -1.06. The smallest absolute Gasteiger partial charge is 0.332 e. The van der Waals surface area contributed by atoms with Crippen LogP contribution in [-0.2, 0) is 14.1 Å². The molecule has 2 aromatic heterocycles. The molecule has 0 aliphatic heterocycles. The lowest BCUT2D eigenvalue weighted by Crippen LogP contribution is -2.41. The van der Waals surface area contributed by atoms with Crippen molar-refractivity contribution in [2.75, 3.05) is 5.32 Å². The summed E-state index contributed by atoms with van der Waals surface area (Å²) in [6.45, 7) is 7.33. The van der Waals surface area contributed by atoms with Crippen LogP contribution < -0.4 is 16.6 Å². The number of carbonyl (C=O) groups is 1. The summed E-state index contributed by atoms with van der Waals surface area (Å²) < 4.78 is 21.0. The highest BCUT2D eigenvalue weighted by Crippen LogP contribution is 2.23. The van der Waals surface area contributed by atoms with Crippen LogP contribution in [0, 0.1) is 19.7 Å². The van der Waals surface area contributed by atoms with E-state index in [1.54, 1.807) is 19.9 Å². The van der Waals surface area contributed by atoms with Gasteiger partial charge in [-0.25, -0.2) is 9.18 Å². The zero-order valence-electron chi connectivity index (χ0n) is 17.2. The van der Waals surface area contributed by atoms with Gasteiger partial charge in [0.05, 0.1) is 5.69 Å². The number of benzene rings is 1. The van der Waals surface area contributed by atoms with Crippen molar-refractivity contribution in [1.29, 1.82) is 0 Å². The van der Waals surface area contributed by atoms with E-state index in [0.717, 1.165) is 9.13 Å². The van der Waals surface area contributed by atoms with Gasteiger partial charge in [0.1, 0.15) is 23.0 Å². The molecule has 0 fully saturated rings. The van der Waals surface area contributed by atoms with Crippen molar-refractivity contribution in [3.8, 4) is 0 Å². The summed E-state index contributed by atoms with van der Waals surface area (Å²) in [7, 11) is 2.63. The number of aromatic nitrogens is 3. The topological polar surface area (TPSA) is 99.1 Å². The van der Waals surface area contributed by atoms with Crippen LogP contribution in [0.15, 0.2) is 38.4 Å². The van der Waals surface area contributed by atoms with Gasteiger partial charge in [-0.05, 0) is 31.5 Å². The Morgan fingerprint density at radius 3 is 2.31 bits per heavy atom. The summed E-state index contributed by atoms with van der Waals surface area (Å²) >= 11 is 0. The predicted octanol–water partition coefficient (Wildman–Crippen LogP) is 2.83. The molecule has 0 amide bonds. The lowest BCUT2D eigenvalue weighted by molar-refractivity contribution is 0.102. The molecule has 0 saturated carbocycles. The van der Waals surface area contributed by atoms with Gasteiger partial charge in [-0.1, -0.05) is 25.1 Å². The number of hydrogen-bond acceptors (Lipinski definition) is 6. The highest BCUT2D eigenvalue weighted by molar-refractivity contribution is 6.10. The molecule has 0 radical (unpaired) electrons. The van der Waals surface area contributed by atoms with Crippen LogP contribution in [0.2, 0.25) is 0 Å². The first-order chi connectivity index (χ1) is 13.7. The number of nitrogens with one attached hydrogen (secondary N) is 1. The minimum Gasteiger partial charge on any atom is -0.361 e. The van der Waals surface area contributed by atoms with E-state index in [0.29, 0.717) is 11.3 Å². The van der Waals surface area contributed by atoms with Crippen molar-refractivity contribution in [2.45, 2.75) is 27.7 Å². The van der Waals surface area contributed by atoms with E-state index in [-0.39, 0.29) is 22.8 Å². The first kappa shape index (κ1) is 21.8. The summed E-state index contributed by atoms with van der Waals surface area (Å²) in [5.41, 5.74) is -1.19. The second-order valence-corrected chi connectivity index (χ2v) is 6.19. The SMILES string of the molecule is CC.Cc1ccc(Nc2c(C(=O)c3cc(C)on3)c(=O)n(C)c(=O)n2C)c(F)c1. The lowest BCUT2D eigenvalue weighted by atomic mass is 10.1. The third-order valence-corrected chi connectivity index (χ3v) is 4.13. The fourth-order valence-electron chi connectivity index (χ4n) is 2.65. The van der Waals surface area contributed by atoms with Gasteiger partial charge in [0.25, 0.3) is 5.56 Å². The lowest BCUT2D eigenvalue weighted by Gasteiger charge is -2.16. The summed E-state index contributed by atoms with van der Waals surface area (Å²) in [5, 5.41) is 6.33. The van der Waals surface area contributed by atoms with E-state index in [2.05, 4.69) is 10.5 Å². The molecule has 0 bridgehead atoms. The Hall–Kier alpha value is -3.49. The van der Waals surface area contributed by atoms with Gasteiger partial charge < -0.3 is 9.84 Å². The number of anilines is 2. The second-order valence-electron chi connectivity index (χ2n) is 6.19. The van der Waals surface area contributed by atoms with E-state index in [1.807, 2.05) is 13.8 Å². The van der Waals surface area contributed by atoms with Crippen molar-refractivity contribution < 1.29 is 13.7 Å². The Kier molecular flexibility index (Phi) is 6.53. The Morgan fingerprint density at radius 2 is 1.76 bits per heavy atom. The third kappa shape index (κ3) is 4.18. The number of halogens is 1. The molecule has 8 nitrogen and oxygen atoms in total. The Balaban J connectivity index is 0.00000145. The first-order valence-electron chi connectivity index (χ1n) is 9.02. The number of ketones is 1. The molecule has 3 rings (SSSR count). The molecule has 0 atom stereocenters.